The molecule has 1 aromatic carbocycles. The Kier molecular flexibility index (Phi) is 5.26. The summed E-state index contributed by atoms with van der Waals surface area (Å²) in [6.45, 7) is 0.775. The number of benzene rings is 1. The van der Waals surface area contributed by atoms with Crippen molar-refractivity contribution in [1.82, 2.24) is 5.32 Å². The van der Waals surface area contributed by atoms with Crippen LogP contribution in [0.25, 0.3) is 0 Å². The zero-order valence-electron chi connectivity index (χ0n) is 10.9. The predicted octanol–water partition coefficient (Wildman–Crippen LogP) is 3.22. The van der Waals surface area contributed by atoms with E-state index in [-0.39, 0.29) is 5.91 Å². The Balaban J connectivity index is 1.78. The Morgan fingerprint density at radius 1 is 1.25 bits per heavy atom. The molecule has 4 nitrogen and oxygen atoms in total. The number of hydrogen-bond donors (Lipinski definition) is 1. The number of nitrogens with one attached hydrogen (secondary N) is 1. The summed E-state index contributed by atoms with van der Waals surface area (Å²) in [5, 5.41) is 2.77. The zero-order valence-corrected chi connectivity index (χ0v) is 12.5. The summed E-state index contributed by atoms with van der Waals surface area (Å²) in [6.07, 6.45) is 0. The van der Waals surface area contributed by atoms with Gasteiger partial charge in [0.1, 0.15) is 6.61 Å². The highest BCUT2D eigenvalue weighted by atomic mass is 35.5. The number of carbonyl (C=O) groups excluding carboxylic acids is 1. The van der Waals surface area contributed by atoms with Crippen molar-refractivity contribution in [1.29, 1.82) is 0 Å². The minimum absolute atomic E-state index is 0.148. The number of halogens is 1. The first-order chi connectivity index (χ1) is 9.70. The van der Waals surface area contributed by atoms with Crippen molar-refractivity contribution in [2.75, 3.05) is 20.3 Å². The molecule has 0 atom stereocenters. The van der Waals surface area contributed by atoms with Crippen molar-refractivity contribution in [3.05, 3.63) is 45.6 Å². The first-order valence-corrected chi connectivity index (χ1v) is 7.19. The third kappa shape index (κ3) is 3.88. The van der Waals surface area contributed by atoms with Gasteiger partial charge in [0, 0.05) is 0 Å². The van der Waals surface area contributed by atoms with Gasteiger partial charge in [-0.05, 0) is 24.3 Å². The number of hydrogen-bond acceptors (Lipinski definition) is 4. The van der Waals surface area contributed by atoms with Gasteiger partial charge >= 0.3 is 0 Å². The molecule has 0 aliphatic rings. The predicted molar refractivity (Wildman–Crippen MR) is 80.2 cm³/mol. The summed E-state index contributed by atoms with van der Waals surface area (Å²) in [5.74, 6) is 1.18. The van der Waals surface area contributed by atoms with Crippen LogP contribution < -0.4 is 14.8 Å². The SMILES string of the molecule is COc1ccccc1OCCNC(=O)c1ccc(Cl)s1. The van der Waals surface area contributed by atoms with Gasteiger partial charge in [0.25, 0.3) is 5.91 Å². The minimum Gasteiger partial charge on any atom is -0.493 e. The van der Waals surface area contributed by atoms with Crippen LogP contribution in [0.3, 0.4) is 0 Å². The van der Waals surface area contributed by atoms with Crippen LogP contribution in [0.1, 0.15) is 9.67 Å². The fourth-order valence-corrected chi connectivity index (χ4v) is 2.55. The highest BCUT2D eigenvalue weighted by Gasteiger charge is 2.08. The van der Waals surface area contributed by atoms with Gasteiger partial charge in [-0.15, -0.1) is 11.3 Å². The Morgan fingerprint density at radius 2 is 2.00 bits per heavy atom. The second-order valence-electron chi connectivity index (χ2n) is 3.86. The molecule has 0 unspecified atom stereocenters. The lowest BCUT2D eigenvalue weighted by Crippen LogP contribution is -2.27. The fraction of sp³-hybridized carbons (Fsp3) is 0.214. The lowest BCUT2D eigenvalue weighted by atomic mass is 10.3. The monoisotopic (exact) mass is 311 g/mol. The van der Waals surface area contributed by atoms with Crippen molar-refractivity contribution in [2.24, 2.45) is 0 Å². The summed E-state index contributed by atoms with van der Waals surface area (Å²) in [6, 6.07) is 10.8. The third-order valence-corrected chi connectivity index (χ3v) is 3.74. The maximum absolute atomic E-state index is 11.8. The molecule has 20 heavy (non-hydrogen) atoms. The van der Waals surface area contributed by atoms with Crippen LogP contribution >= 0.6 is 22.9 Å². The number of methoxy groups -OCH3 is 1. The highest BCUT2D eigenvalue weighted by Crippen LogP contribution is 2.25. The van der Waals surface area contributed by atoms with Crippen molar-refractivity contribution < 1.29 is 14.3 Å². The quantitative estimate of drug-likeness (QED) is 0.833. The topological polar surface area (TPSA) is 47.6 Å². The number of rotatable bonds is 6. The molecule has 0 spiro atoms. The molecule has 2 rings (SSSR count). The molecule has 1 heterocycles. The molecule has 0 fully saturated rings. The van der Waals surface area contributed by atoms with E-state index in [1.807, 2.05) is 24.3 Å². The molecule has 0 bridgehead atoms. The van der Waals surface area contributed by atoms with Gasteiger partial charge in [-0.1, -0.05) is 23.7 Å². The normalized spacial score (nSPS) is 10.1. The van der Waals surface area contributed by atoms with E-state index in [0.29, 0.717) is 33.9 Å². The van der Waals surface area contributed by atoms with E-state index in [1.54, 1.807) is 19.2 Å². The summed E-state index contributed by atoms with van der Waals surface area (Å²) < 4.78 is 11.3. The van der Waals surface area contributed by atoms with Gasteiger partial charge in [-0.3, -0.25) is 4.79 Å². The molecular weight excluding hydrogens is 298 g/mol. The van der Waals surface area contributed by atoms with Gasteiger partial charge in [0.15, 0.2) is 11.5 Å². The molecule has 0 aliphatic heterocycles. The molecule has 0 saturated heterocycles. The van der Waals surface area contributed by atoms with E-state index in [2.05, 4.69) is 5.32 Å². The molecular formula is C14H14ClNO3S. The van der Waals surface area contributed by atoms with Crippen LogP contribution in [0.2, 0.25) is 4.34 Å². The maximum atomic E-state index is 11.8. The highest BCUT2D eigenvalue weighted by molar-refractivity contribution is 7.17. The van der Waals surface area contributed by atoms with E-state index < -0.39 is 0 Å². The number of ether oxygens (including phenoxy) is 2. The van der Waals surface area contributed by atoms with Crippen LogP contribution in [-0.4, -0.2) is 26.2 Å². The van der Waals surface area contributed by atoms with Crippen molar-refractivity contribution >= 4 is 28.8 Å². The molecule has 0 saturated carbocycles. The minimum atomic E-state index is -0.148. The van der Waals surface area contributed by atoms with Gasteiger partial charge < -0.3 is 14.8 Å². The van der Waals surface area contributed by atoms with Crippen LogP contribution in [0.15, 0.2) is 36.4 Å². The molecule has 106 valence electrons. The molecule has 2 aromatic rings. The molecule has 6 heteroatoms. The van der Waals surface area contributed by atoms with Crippen molar-refractivity contribution in [2.45, 2.75) is 0 Å². The first kappa shape index (κ1) is 14.7. The van der Waals surface area contributed by atoms with E-state index in [9.17, 15) is 4.79 Å². The lowest BCUT2D eigenvalue weighted by molar-refractivity contribution is 0.0951. The second-order valence-corrected chi connectivity index (χ2v) is 5.57. The molecule has 1 N–H and O–H groups in total. The van der Waals surface area contributed by atoms with Gasteiger partial charge in [0.2, 0.25) is 0 Å². The first-order valence-electron chi connectivity index (χ1n) is 6.00. The van der Waals surface area contributed by atoms with E-state index >= 15 is 0 Å². The average Bonchev–Trinajstić information content (AvgIpc) is 2.90. The molecule has 1 amide bonds. The largest absolute Gasteiger partial charge is 0.493 e. The van der Waals surface area contributed by atoms with E-state index in [4.69, 9.17) is 21.1 Å². The Morgan fingerprint density at radius 3 is 2.65 bits per heavy atom. The summed E-state index contributed by atoms with van der Waals surface area (Å²) >= 11 is 7.03. The summed E-state index contributed by atoms with van der Waals surface area (Å²) in [4.78, 5) is 12.3. The fourth-order valence-electron chi connectivity index (χ4n) is 1.59. The summed E-state index contributed by atoms with van der Waals surface area (Å²) in [7, 11) is 1.59. The van der Waals surface area contributed by atoms with Crippen molar-refractivity contribution in [3.63, 3.8) is 0 Å². The van der Waals surface area contributed by atoms with E-state index in [1.165, 1.54) is 11.3 Å². The number of amides is 1. The van der Waals surface area contributed by atoms with Gasteiger partial charge in [0.05, 0.1) is 22.9 Å². The second kappa shape index (κ2) is 7.17. The van der Waals surface area contributed by atoms with Crippen LogP contribution in [0.5, 0.6) is 11.5 Å². The standard InChI is InChI=1S/C14H14ClNO3S/c1-18-10-4-2-3-5-11(10)19-9-8-16-14(17)12-6-7-13(15)20-12/h2-7H,8-9H2,1H3,(H,16,17). The Bertz CT molecular complexity index is 585. The number of carbonyl (C=O) groups is 1. The number of thiophene rings is 1. The van der Waals surface area contributed by atoms with Gasteiger partial charge in [-0.25, -0.2) is 0 Å². The molecule has 0 radical (unpaired) electrons. The van der Waals surface area contributed by atoms with Gasteiger partial charge in [-0.2, -0.15) is 0 Å². The smallest absolute Gasteiger partial charge is 0.261 e. The van der Waals surface area contributed by atoms with Crippen LogP contribution in [-0.2, 0) is 0 Å². The van der Waals surface area contributed by atoms with Crippen molar-refractivity contribution in [3.8, 4) is 11.5 Å². The molecule has 1 aromatic heterocycles. The Hall–Kier alpha value is -1.72. The van der Waals surface area contributed by atoms with Crippen LogP contribution in [0.4, 0.5) is 0 Å². The number of para-hydroxylation sites is 2. The summed E-state index contributed by atoms with van der Waals surface area (Å²) in [5.41, 5.74) is 0. The van der Waals surface area contributed by atoms with E-state index in [0.717, 1.165) is 0 Å². The third-order valence-electron chi connectivity index (χ3n) is 2.51. The Labute approximate surface area is 126 Å². The zero-order chi connectivity index (χ0) is 14.4. The average molecular weight is 312 g/mol. The van der Waals surface area contributed by atoms with Crippen LogP contribution in [0, 0.1) is 0 Å². The lowest BCUT2D eigenvalue weighted by Gasteiger charge is -2.10. The molecule has 0 aliphatic carbocycles. The maximum Gasteiger partial charge on any atom is 0.261 e.